The van der Waals surface area contributed by atoms with Crippen LogP contribution in [-0.2, 0) is 0 Å². The van der Waals surface area contributed by atoms with Crippen LogP contribution in [0.4, 0.5) is 0 Å². The van der Waals surface area contributed by atoms with Crippen molar-refractivity contribution in [1.82, 2.24) is 5.32 Å². The lowest BCUT2D eigenvalue weighted by atomic mass is 10.1. The highest BCUT2D eigenvalue weighted by atomic mass is 16.4. The Morgan fingerprint density at radius 3 is 3.23 bits per heavy atom. The van der Waals surface area contributed by atoms with E-state index in [0.717, 1.165) is 19.4 Å². The molecule has 3 nitrogen and oxygen atoms in total. The summed E-state index contributed by atoms with van der Waals surface area (Å²) in [5.41, 5.74) is 0. The van der Waals surface area contributed by atoms with E-state index in [2.05, 4.69) is 5.32 Å². The van der Waals surface area contributed by atoms with Crippen molar-refractivity contribution in [3.05, 3.63) is 24.2 Å². The SMILES string of the molecule is O[C@H](C[C@H]1CCCN1)c1ccco1. The third-order valence-corrected chi connectivity index (χ3v) is 2.54. The van der Waals surface area contributed by atoms with Crippen molar-refractivity contribution in [3.63, 3.8) is 0 Å². The van der Waals surface area contributed by atoms with E-state index in [-0.39, 0.29) is 0 Å². The summed E-state index contributed by atoms with van der Waals surface area (Å²) in [7, 11) is 0. The predicted molar refractivity (Wildman–Crippen MR) is 49.3 cm³/mol. The second-order valence-corrected chi connectivity index (χ2v) is 3.56. The number of furan rings is 1. The van der Waals surface area contributed by atoms with Gasteiger partial charge < -0.3 is 14.8 Å². The van der Waals surface area contributed by atoms with Gasteiger partial charge in [0.2, 0.25) is 0 Å². The maximum absolute atomic E-state index is 9.74. The average Bonchev–Trinajstić information content (AvgIpc) is 2.74. The van der Waals surface area contributed by atoms with Crippen LogP contribution < -0.4 is 5.32 Å². The van der Waals surface area contributed by atoms with Gasteiger partial charge in [-0.3, -0.25) is 0 Å². The Kier molecular flexibility index (Phi) is 2.66. The highest BCUT2D eigenvalue weighted by Crippen LogP contribution is 2.21. The van der Waals surface area contributed by atoms with Gasteiger partial charge in [0, 0.05) is 6.04 Å². The molecule has 0 aliphatic carbocycles. The van der Waals surface area contributed by atoms with Crippen molar-refractivity contribution in [1.29, 1.82) is 0 Å². The zero-order chi connectivity index (χ0) is 9.10. The van der Waals surface area contributed by atoms with E-state index in [9.17, 15) is 5.11 Å². The molecule has 1 aromatic rings. The fraction of sp³-hybridized carbons (Fsp3) is 0.600. The lowest BCUT2D eigenvalue weighted by Gasteiger charge is -2.13. The summed E-state index contributed by atoms with van der Waals surface area (Å²) in [4.78, 5) is 0. The molecule has 0 saturated carbocycles. The van der Waals surface area contributed by atoms with E-state index in [0.29, 0.717) is 11.8 Å². The van der Waals surface area contributed by atoms with E-state index in [1.807, 2.05) is 6.07 Å². The van der Waals surface area contributed by atoms with E-state index < -0.39 is 6.10 Å². The molecule has 1 aromatic heterocycles. The summed E-state index contributed by atoms with van der Waals surface area (Å²) in [6, 6.07) is 4.08. The van der Waals surface area contributed by atoms with Crippen LogP contribution in [0.5, 0.6) is 0 Å². The minimum absolute atomic E-state index is 0.453. The Hall–Kier alpha value is -0.800. The number of hydrogen-bond acceptors (Lipinski definition) is 3. The first-order valence-electron chi connectivity index (χ1n) is 4.81. The molecule has 1 saturated heterocycles. The average molecular weight is 181 g/mol. The largest absolute Gasteiger partial charge is 0.467 e. The summed E-state index contributed by atoms with van der Waals surface area (Å²) in [5.74, 6) is 0.675. The first-order valence-corrected chi connectivity index (χ1v) is 4.81. The van der Waals surface area contributed by atoms with E-state index >= 15 is 0 Å². The van der Waals surface area contributed by atoms with Crippen molar-refractivity contribution in [2.24, 2.45) is 0 Å². The van der Waals surface area contributed by atoms with Gasteiger partial charge in [-0.15, -0.1) is 0 Å². The highest BCUT2D eigenvalue weighted by molar-refractivity contribution is 5.02. The molecule has 1 aliphatic rings. The Balaban J connectivity index is 1.87. The molecule has 0 bridgehead atoms. The van der Waals surface area contributed by atoms with Crippen LogP contribution in [0, 0.1) is 0 Å². The minimum Gasteiger partial charge on any atom is -0.467 e. The van der Waals surface area contributed by atoms with Gasteiger partial charge in [-0.05, 0) is 37.9 Å². The smallest absolute Gasteiger partial charge is 0.132 e. The van der Waals surface area contributed by atoms with Crippen LogP contribution in [0.1, 0.15) is 31.1 Å². The molecule has 1 fully saturated rings. The zero-order valence-corrected chi connectivity index (χ0v) is 7.57. The second-order valence-electron chi connectivity index (χ2n) is 3.56. The summed E-state index contributed by atoms with van der Waals surface area (Å²) < 4.78 is 5.13. The van der Waals surface area contributed by atoms with E-state index in [1.54, 1.807) is 12.3 Å². The van der Waals surface area contributed by atoms with Crippen molar-refractivity contribution >= 4 is 0 Å². The molecule has 0 unspecified atom stereocenters. The third-order valence-electron chi connectivity index (χ3n) is 2.54. The van der Waals surface area contributed by atoms with Crippen LogP contribution in [-0.4, -0.2) is 17.7 Å². The topological polar surface area (TPSA) is 45.4 Å². The van der Waals surface area contributed by atoms with Crippen LogP contribution in [0.15, 0.2) is 22.8 Å². The summed E-state index contributed by atoms with van der Waals surface area (Å²) in [6.45, 7) is 1.08. The highest BCUT2D eigenvalue weighted by Gasteiger charge is 2.20. The molecule has 2 heterocycles. The molecule has 2 rings (SSSR count). The van der Waals surface area contributed by atoms with Gasteiger partial charge in [0.1, 0.15) is 11.9 Å². The summed E-state index contributed by atoms with van der Waals surface area (Å²) >= 11 is 0. The molecule has 2 N–H and O–H groups in total. The van der Waals surface area contributed by atoms with Gasteiger partial charge in [-0.1, -0.05) is 0 Å². The lowest BCUT2D eigenvalue weighted by Crippen LogP contribution is -2.23. The minimum atomic E-state index is -0.453. The van der Waals surface area contributed by atoms with Crippen LogP contribution in [0.25, 0.3) is 0 Å². The second kappa shape index (κ2) is 3.94. The Morgan fingerprint density at radius 1 is 1.69 bits per heavy atom. The molecule has 0 amide bonds. The summed E-state index contributed by atoms with van der Waals surface area (Å²) in [6.07, 6.45) is 4.28. The van der Waals surface area contributed by atoms with Gasteiger partial charge in [0.25, 0.3) is 0 Å². The lowest BCUT2D eigenvalue weighted by molar-refractivity contribution is 0.129. The van der Waals surface area contributed by atoms with Crippen LogP contribution in [0.2, 0.25) is 0 Å². The first kappa shape index (κ1) is 8.78. The van der Waals surface area contributed by atoms with Crippen molar-refractivity contribution < 1.29 is 9.52 Å². The molecule has 72 valence electrons. The number of aliphatic hydroxyl groups excluding tert-OH is 1. The Labute approximate surface area is 77.8 Å². The van der Waals surface area contributed by atoms with E-state index in [4.69, 9.17) is 4.42 Å². The van der Waals surface area contributed by atoms with Gasteiger partial charge >= 0.3 is 0 Å². The molecule has 0 aromatic carbocycles. The maximum Gasteiger partial charge on any atom is 0.132 e. The van der Waals surface area contributed by atoms with Crippen molar-refractivity contribution in [2.45, 2.75) is 31.4 Å². The molecule has 3 heteroatoms. The van der Waals surface area contributed by atoms with Crippen LogP contribution in [0.3, 0.4) is 0 Å². The zero-order valence-electron chi connectivity index (χ0n) is 7.57. The maximum atomic E-state index is 9.74. The molecular weight excluding hydrogens is 166 g/mol. The number of aliphatic hydroxyl groups is 1. The van der Waals surface area contributed by atoms with Crippen molar-refractivity contribution in [2.75, 3.05) is 6.54 Å². The standard InChI is InChI=1S/C10H15NO2/c12-9(10-4-2-6-13-10)7-8-3-1-5-11-8/h2,4,6,8-9,11-12H,1,3,5,7H2/t8-,9-/m1/s1. The molecule has 0 spiro atoms. The molecule has 2 atom stereocenters. The fourth-order valence-corrected chi connectivity index (χ4v) is 1.82. The first-order chi connectivity index (χ1) is 6.36. The number of hydrogen-bond donors (Lipinski definition) is 2. The number of rotatable bonds is 3. The van der Waals surface area contributed by atoms with Crippen LogP contribution >= 0.6 is 0 Å². The molecular formula is C10H15NO2. The molecule has 13 heavy (non-hydrogen) atoms. The molecule has 1 aliphatic heterocycles. The van der Waals surface area contributed by atoms with Gasteiger partial charge in [-0.25, -0.2) is 0 Å². The van der Waals surface area contributed by atoms with Gasteiger partial charge in [0.15, 0.2) is 0 Å². The summed E-state index contributed by atoms with van der Waals surface area (Å²) in [5, 5.41) is 13.1. The quantitative estimate of drug-likeness (QED) is 0.742. The number of nitrogens with one attached hydrogen (secondary N) is 1. The fourth-order valence-electron chi connectivity index (χ4n) is 1.82. The predicted octanol–water partition coefficient (Wildman–Crippen LogP) is 1.46. The van der Waals surface area contributed by atoms with Crippen molar-refractivity contribution in [3.8, 4) is 0 Å². The van der Waals surface area contributed by atoms with E-state index in [1.165, 1.54) is 6.42 Å². The third kappa shape index (κ3) is 2.11. The normalized spacial score (nSPS) is 24.8. The Bertz CT molecular complexity index is 239. The molecule has 0 radical (unpaired) electrons. The Morgan fingerprint density at radius 2 is 2.62 bits per heavy atom. The van der Waals surface area contributed by atoms with Gasteiger partial charge in [0.05, 0.1) is 6.26 Å². The monoisotopic (exact) mass is 181 g/mol. The van der Waals surface area contributed by atoms with Gasteiger partial charge in [-0.2, -0.15) is 0 Å².